The van der Waals surface area contributed by atoms with Gasteiger partial charge in [0.25, 0.3) is 0 Å². The van der Waals surface area contributed by atoms with Gasteiger partial charge in [-0.3, -0.25) is 0 Å². The third kappa shape index (κ3) is 4.32. The van der Waals surface area contributed by atoms with Crippen LogP contribution in [-0.2, 0) is 16.6 Å². The molecule has 6 nitrogen and oxygen atoms in total. The maximum atomic E-state index is 11.5. The van der Waals surface area contributed by atoms with Gasteiger partial charge in [-0.25, -0.2) is 18.5 Å². The number of fused-ring (bicyclic) bond motifs is 1. The van der Waals surface area contributed by atoms with Crippen molar-refractivity contribution in [3.05, 3.63) is 47.5 Å². The van der Waals surface area contributed by atoms with E-state index in [0.29, 0.717) is 22.9 Å². The topological polar surface area (TPSA) is 87.2 Å². The predicted octanol–water partition coefficient (Wildman–Crippen LogP) is 3.53. The highest BCUT2D eigenvalue weighted by Crippen LogP contribution is 2.26. The molecule has 26 heavy (non-hydrogen) atoms. The third-order valence-electron chi connectivity index (χ3n) is 3.71. The van der Waals surface area contributed by atoms with Crippen LogP contribution >= 0.6 is 23.4 Å². The first kappa shape index (κ1) is 19.0. The van der Waals surface area contributed by atoms with E-state index < -0.39 is 10.0 Å². The molecule has 0 aliphatic heterocycles. The van der Waals surface area contributed by atoms with Crippen molar-refractivity contribution < 1.29 is 13.2 Å². The van der Waals surface area contributed by atoms with Gasteiger partial charge in [-0.2, -0.15) is 0 Å². The number of aromatic nitrogens is 2. The summed E-state index contributed by atoms with van der Waals surface area (Å²) in [6.07, 6.45) is 0. The fourth-order valence-electron chi connectivity index (χ4n) is 2.53. The van der Waals surface area contributed by atoms with Crippen LogP contribution in [0.2, 0.25) is 5.02 Å². The highest BCUT2D eigenvalue weighted by molar-refractivity contribution is 7.99. The molecule has 0 radical (unpaired) electrons. The van der Waals surface area contributed by atoms with E-state index in [1.54, 1.807) is 30.0 Å². The van der Waals surface area contributed by atoms with E-state index in [9.17, 15) is 8.42 Å². The van der Waals surface area contributed by atoms with E-state index in [1.807, 2.05) is 23.6 Å². The highest BCUT2D eigenvalue weighted by atomic mass is 35.5. The number of hydrogen-bond acceptors (Lipinski definition) is 5. The Morgan fingerprint density at radius 1 is 1.27 bits per heavy atom. The van der Waals surface area contributed by atoms with Gasteiger partial charge in [0, 0.05) is 17.3 Å². The molecule has 2 N–H and O–H groups in total. The Morgan fingerprint density at radius 3 is 2.77 bits per heavy atom. The number of imidazole rings is 1. The number of thioether (sulfide) groups is 1. The molecule has 3 aromatic rings. The molecule has 0 aliphatic rings. The minimum Gasteiger partial charge on any atom is -0.493 e. The van der Waals surface area contributed by atoms with Gasteiger partial charge in [-0.05, 0) is 43.3 Å². The number of rotatable bonds is 7. The number of nitrogens with two attached hydrogens (primary N) is 1. The molecule has 0 unspecified atom stereocenters. The monoisotopic (exact) mass is 411 g/mol. The zero-order chi connectivity index (χ0) is 18.7. The minimum atomic E-state index is -3.75. The molecule has 3 rings (SSSR count). The summed E-state index contributed by atoms with van der Waals surface area (Å²) in [5.74, 6) is 1.41. The Morgan fingerprint density at radius 2 is 2.08 bits per heavy atom. The summed E-state index contributed by atoms with van der Waals surface area (Å²) in [5.41, 5.74) is 1.48. The summed E-state index contributed by atoms with van der Waals surface area (Å²) in [6.45, 7) is 3.24. The zero-order valence-electron chi connectivity index (χ0n) is 14.1. The molecule has 0 amide bonds. The normalized spacial score (nSPS) is 11.8. The second-order valence-electron chi connectivity index (χ2n) is 5.49. The molecule has 0 saturated heterocycles. The average molecular weight is 412 g/mol. The molecule has 9 heteroatoms. The van der Waals surface area contributed by atoms with Crippen LogP contribution < -0.4 is 9.88 Å². The SMILES string of the molecule is CCn1c(SCCOc2cccc(Cl)c2)nc2cc(S(N)(=O)=O)ccc21. The molecule has 0 bridgehead atoms. The van der Waals surface area contributed by atoms with Crippen molar-refractivity contribution in [1.29, 1.82) is 0 Å². The van der Waals surface area contributed by atoms with Gasteiger partial charge < -0.3 is 9.30 Å². The van der Waals surface area contributed by atoms with Crippen molar-refractivity contribution in [3.63, 3.8) is 0 Å². The van der Waals surface area contributed by atoms with Crippen molar-refractivity contribution in [2.45, 2.75) is 23.5 Å². The Hall–Kier alpha value is -1.74. The first-order valence-electron chi connectivity index (χ1n) is 7.92. The molecular weight excluding hydrogens is 394 g/mol. The van der Waals surface area contributed by atoms with Gasteiger partial charge in [-0.1, -0.05) is 29.4 Å². The number of ether oxygens (including phenoxy) is 1. The van der Waals surface area contributed by atoms with Gasteiger partial charge in [-0.15, -0.1) is 0 Å². The molecule has 0 fully saturated rings. The van der Waals surface area contributed by atoms with Crippen LogP contribution in [0, 0.1) is 0 Å². The van der Waals surface area contributed by atoms with Crippen molar-refractivity contribution in [3.8, 4) is 5.75 Å². The van der Waals surface area contributed by atoms with E-state index in [4.69, 9.17) is 21.5 Å². The average Bonchev–Trinajstić information content (AvgIpc) is 2.94. The molecule has 0 atom stereocenters. The number of sulfonamides is 1. The van der Waals surface area contributed by atoms with Crippen LogP contribution in [-0.4, -0.2) is 30.3 Å². The molecule has 0 aliphatic carbocycles. The van der Waals surface area contributed by atoms with Crippen LogP contribution in [0.4, 0.5) is 0 Å². The highest BCUT2D eigenvalue weighted by Gasteiger charge is 2.14. The van der Waals surface area contributed by atoms with E-state index in [0.717, 1.165) is 23.0 Å². The lowest BCUT2D eigenvalue weighted by molar-refractivity contribution is 0.344. The predicted molar refractivity (Wildman–Crippen MR) is 104 cm³/mol. The quantitative estimate of drug-likeness (QED) is 0.474. The number of nitrogens with zero attached hydrogens (tertiary/aromatic N) is 2. The lowest BCUT2D eigenvalue weighted by atomic mass is 10.3. The summed E-state index contributed by atoms with van der Waals surface area (Å²) < 4.78 is 30.8. The van der Waals surface area contributed by atoms with Crippen molar-refractivity contribution in [2.75, 3.05) is 12.4 Å². The Bertz CT molecular complexity index is 1030. The minimum absolute atomic E-state index is 0.0617. The molecule has 0 saturated carbocycles. The van der Waals surface area contributed by atoms with Crippen LogP contribution in [0.25, 0.3) is 11.0 Å². The second-order valence-corrected chi connectivity index (χ2v) is 8.55. The number of aryl methyl sites for hydroxylation is 1. The first-order chi connectivity index (χ1) is 12.4. The summed E-state index contributed by atoms with van der Waals surface area (Å²) in [6, 6.07) is 12.0. The van der Waals surface area contributed by atoms with E-state index in [-0.39, 0.29) is 4.90 Å². The lowest BCUT2D eigenvalue weighted by Crippen LogP contribution is -2.11. The summed E-state index contributed by atoms with van der Waals surface area (Å²) >= 11 is 7.48. The lowest BCUT2D eigenvalue weighted by Gasteiger charge is -2.07. The summed E-state index contributed by atoms with van der Waals surface area (Å²) in [5, 5.41) is 6.64. The number of primary sulfonamides is 1. The van der Waals surface area contributed by atoms with Gasteiger partial charge >= 0.3 is 0 Å². The van der Waals surface area contributed by atoms with E-state index in [1.165, 1.54) is 12.1 Å². The second kappa shape index (κ2) is 7.87. The number of hydrogen-bond donors (Lipinski definition) is 1. The smallest absolute Gasteiger partial charge is 0.238 e. The van der Waals surface area contributed by atoms with Crippen LogP contribution in [0.15, 0.2) is 52.5 Å². The van der Waals surface area contributed by atoms with Crippen molar-refractivity contribution in [2.24, 2.45) is 5.14 Å². The Kier molecular flexibility index (Phi) is 5.76. The molecule has 0 spiro atoms. The van der Waals surface area contributed by atoms with Crippen LogP contribution in [0.1, 0.15) is 6.92 Å². The first-order valence-corrected chi connectivity index (χ1v) is 10.8. The standard InChI is InChI=1S/C17H18ClN3O3S2/c1-2-21-16-7-6-14(26(19,22)23)11-15(16)20-17(21)25-9-8-24-13-5-3-4-12(18)10-13/h3-7,10-11H,2,8-9H2,1H3,(H2,19,22,23). The van der Waals surface area contributed by atoms with Gasteiger partial charge in [0.2, 0.25) is 10.0 Å². The van der Waals surface area contributed by atoms with Gasteiger partial charge in [0.15, 0.2) is 5.16 Å². The Labute approximate surface area is 161 Å². The molecular formula is C17H18ClN3O3S2. The van der Waals surface area contributed by atoms with Gasteiger partial charge in [0.05, 0.1) is 22.5 Å². The number of benzene rings is 2. The summed E-state index contributed by atoms with van der Waals surface area (Å²) in [7, 11) is -3.75. The number of halogens is 1. The third-order valence-corrected chi connectivity index (χ3v) is 5.80. The fraction of sp³-hybridized carbons (Fsp3) is 0.235. The van der Waals surface area contributed by atoms with E-state index in [2.05, 4.69) is 4.98 Å². The van der Waals surface area contributed by atoms with E-state index >= 15 is 0 Å². The Balaban J connectivity index is 1.72. The zero-order valence-corrected chi connectivity index (χ0v) is 16.4. The fourth-order valence-corrected chi connectivity index (χ4v) is 4.14. The van der Waals surface area contributed by atoms with Crippen molar-refractivity contribution in [1.82, 2.24) is 9.55 Å². The van der Waals surface area contributed by atoms with Crippen LogP contribution in [0.3, 0.4) is 0 Å². The van der Waals surface area contributed by atoms with Crippen molar-refractivity contribution >= 4 is 44.4 Å². The van der Waals surface area contributed by atoms with Crippen LogP contribution in [0.5, 0.6) is 5.75 Å². The maximum Gasteiger partial charge on any atom is 0.238 e. The van der Waals surface area contributed by atoms with Gasteiger partial charge in [0.1, 0.15) is 5.75 Å². The maximum absolute atomic E-state index is 11.5. The molecule has 138 valence electrons. The molecule has 1 heterocycles. The molecule has 1 aromatic heterocycles. The summed E-state index contributed by atoms with van der Waals surface area (Å²) in [4.78, 5) is 4.61. The largest absolute Gasteiger partial charge is 0.493 e. The molecule has 2 aromatic carbocycles.